The predicted octanol–water partition coefficient (Wildman–Crippen LogP) is 2.49. The SMILES string of the molecule is C=[N+](C)CCc1ccc(CN(C)C(=O)COCCN(C)S(=O)(=O)c2c(C)cc(OC)cc2C)cc1. The van der Waals surface area contributed by atoms with Gasteiger partial charge in [-0.25, -0.2) is 13.0 Å². The van der Waals surface area contributed by atoms with Gasteiger partial charge in [0.25, 0.3) is 0 Å². The van der Waals surface area contributed by atoms with E-state index in [2.05, 4.69) is 18.9 Å². The molecule has 0 aliphatic heterocycles. The second-order valence-corrected chi connectivity index (χ2v) is 10.8. The molecule has 0 atom stereocenters. The zero-order valence-electron chi connectivity index (χ0n) is 21.7. The Morgan fingerprint density at radius 3 is 2.17 bits per heavy atom. The fraction of sp³-hybridized carbons (Fsp3) is 0.462. The molecule has 1 amide bonds. The third kappa shape index (κ3) is 8.16. The van der Waals surface area contributed by atoms with Crippen LogP contribution in [0.2, 0.25) is 0 Å². The Morgan fingerprint density at radius 2 is 1.63 bits per heavy atom. The van der Waals surface area contributed by atoms with E-state index < -0.39 is 10.0 Å². The Kier molecular flexibility index (Phi) is 10.4. The first-order valence-electron chi connectivity index (χ1n) is 11.5. The summed E-state index contributed by atoms with van der Waals surface area (Å²) in [6, 6.07) is 11.6. The topological polar surface area (TPSA) is 79.2 Å². The van der Waals surface area contributed by atoms with Crippen LogP contribution in [0.3, 0.4) is 0 Å². The Hall–Kier alpha value is -2.75. The first kappa shape index (κ1) is 28.5. The standard InChI is InChI=1S/C26H38N3O5S/c1-20-16-24(33-7)17-21(2)26(20)35(31,32)29(6)14-15-34-19-25(30)28(5)18-23-10-8-22(9-11-23)12-13-27(3)4/h8-11,16-17H,3,12-15,18-19H2,1-2,4-7H3/q+1. The lowest BCUT2D eigenvalue weighted by Crippen LogP contribution is -2.33. The molecule has 0 N–H and O–H groups in total. The number of amides is 1. The van der Waals surface area contributed by atoms with E-state index in [9.17, 15) is 13.2 Å². The van der Waals surface area contributed by atoms with Gasteiger partial charge in [-0.05, 0) is 48.2 Å². The molecule has 0 saturated heterocycles. The summed E-state index contributed by atoms with van der Waals surface area (Å²) in [4.78, 5) is 14.3. The number of rotatable bonds is 13. The Balaban J connectivity index is 1.83. The number of aryl methyl sites for hydroxylation is 2. The van der Waals surface area contributed by atoms with Crippen LogP contribution in [0.25, 0.3) is 0 Å². The maximum Gasteiger partial charge on any atom is 0.248 e. The van der Waals surface area contributed by atoms with Crippen molar-refractivity contribution in [3.8, 4) is 5.75 Å². The molecule has 35 heavy (non-hydrogen) atoms. The molecule has 0 spiro atoms. The maximum atomic E-state index is 13.1. The van der Waals surface area contributed by atoms with Crippen LogP contribution in [-0.2, 0) is 32.5 Å². The summed E-state index contributed by atoms with van der Waals surface area (Å²) in [6.45, 7) is 8.83. The monoisotopic (exact) mass is 504 g/mol. The summed E-state index contributed by atoms with van der Waals surface area (Å²) in [5.41, 5.74) is 3.49. The summed E-state index contributed by atoms with van der Waals surface area (Å²) >= 11 is 0. The molecule has 2 aromatic carbocycles. The molecular weight excluding hydrogens is 466 g/mol. The normalized spacial score (nSPS) is 11.5. The lowest BCUT2D eigenvalue weighted by atomic mass is 10.1. The van der Waals surface area contributed by atoms with Gasteiger partial charge in [-0.1, -0.05) is 24.3 Å². The third-order valence-corrected chi connectivity index (χ3v) is 7.93. The summed E-state index contributed by atoms with van der Waals surface area (Å²) < 4.78 is 40.0. The fourth-order valence-corrected chi connectivity index (χ4v) is 5.23. The molecule has 9 heteroatoms. The van der Waals surface area contributed by atoms with Crippen LogP contribution in [0.1, 0.15) is 22.3 Å². The van der Waals surface area contributed by atoms with Crippen molar-refractivity contribution in [2.75, 3.05) is 54.6 Å². The van der Waals surface area contributed by atoms with E-state index in [1.165, 1.54) is 16.9 Å². The van der Waals surface area contributed by atoms with E-state index in [0.29, 0.717) is 23.4 Å². The molecule has 8 nitrogen and oxygen atoms in total. The van der Waals surface area contributed by atoms with Gasteiger partial charge in [0.05, 0.1) is 18.6 Å². The van der Waals surface area contributed by atoms with Gasteiger partial charge in [-0.3, -0.25) is 4.79 Å². The number of likely N-dealkylation sites (N-methyl/N-ethyl adjacent to an activating group) is 3. The zero-order valence-corrected chi connectivity index (χ0v) is 22.5. The molecule has 0 aliphatic carbocycles. The van der Waals surface area contributed by atoms with Gasteiger partial charge < -0.3 is 14.4 Å². The average Bonchev–Trinajstić information content (AvgIpc) is 2.80. The van der Waals surface area contributed by atoms with Crippen LogP contribution in [0.15, 0.2) is 41.3 Å². The van der Waals surface area contributed by atoms with Crippen LogP contribution in [0.4, 0.5) is 0 Å². The van der Waals surface area contributed by atoms with Gasteiger partial charge in [0.1, 0.15) is 32.7 Å². The second kappa shape index (κ2) is 12.8. The van der Waals surface area contributed by atoms with Crippen molar-refractivity contribution in [2.24, 2.45) is 0 Å². The van der Waals surface area contributed by atoms with Crippen molar-refractivity contribution < 1.29 is 27.3 Å². The smallest absolute Gasteiger partial charge is 0.248 e. The molecular formula is C26H38N3O5S+. The Bertz CT molecular complexity index is 1110. The van der Waals surface area contributed by atoms with Crippen LogP contribution >= 0.6 is 0 Å². The Morgan fingerprint density at radius 1 is 1.06 bits per heavy atom. The number of methoxy groups -OCH3 is 1. The minimum atomic E-state index is -3.70. The predicted molar refractivity (Wildman–Crippen MR) is 138 cm³/mol. The Labute approximate surface area is 209 Å². The van der Waals surface area contributed by atoms with Crippen LogP contribution in [0.5, 0.6) is 5.75 Å². The van der Waals surface area contributed by atoms with Crippen molar-refractivity contribution in [2.45, 2.75) is 31.7 Å². The minimum Gasteiger partial charge on any atom is -0.497 e. The molecule has 192 valence electrons. The molecule has 0 unspecified atom stereocenters. The van der Waals surface area contributed by atoms with Gasteiger partial charge in [-0.15, -0.1) is 0 Å². The summed E-state index contributed by atoms with van der Waals surface area (Å²) in [5, 5.41) is 0. The van der Waals surface area contributed by atoms with Gasteiger partial charge in [0.15, 0.2) is 0 Å². The molecule has 0 fully saturated rings. The van der Waals surface area contributed by atoms with Crippen molar-refractivity contribution in [3.05, 3.63) is 58.7 Å². The van der Waals surface area contributed by atoms with Crippen LogP contribution in [0, 0.1) is 13.8 Å². The first-order chi connectivity index (χ1) is 16.4. The van der Waals surface area contributed by atoms with E-state index in [-0.39, 0.29) is 30.6 Å². The van der Waals surface area contributed by atoms with Crippen molar-refractivity contribution in [3.63, 3.8) is 0 Å². The molecule has 0 aromatic heterocycles. The quantitative estimate of drug-likeness (QED) is 0.238. The van der Waals surface area contributed by atoms with E-state index in [0.717, 1.165) is 18.5 Å². The summed E-state index contributed by atoms with van der Waals surface area (Å²) in [5.74, 6) is 0.450. The highest BCUT2D eigenvalue weighted by Gasteiger charge is 2.25. The van der Waals surface area contributed by atoms with Gasteiger partial charge in [0, 0.05) is 33.6 Å². The van der Waals surface area contributed by atoms with Crippen molar-refractivity contribution in [1.82, 2.24) is 9.21 Å². The third-order valence-electron chi connectivity index (χ3n) is 5.76. The zero-order chi connectivity index (χ0) is 26.2. The number of carbonyl (C=O) groups excluding carboxylic acids is 1. The van der Waals surface area contributed by atoms with E-state index in [4.69, 9.17) is 9.47 Å². The summed E-state index contributed by atoms with van der Waals surface area (Å²) in [7, 11) is 3.02. The van der Waals surface area contributed by atoms with Crippen molar-refractivity contribution in [1.29, 1.82) is 0 Å². The second-order valence-electron chi connectivity index (χ2n) is 8.87. The largest absolute Gasteiger partial charge is 0.497 e. The number of hydrogen-bond acceptors (Lipinski definition) is 5. The fourth-order valence-electron chi connectivity index (χ4n) is 3.67. The summed E-state index contributed by atoms with van der Waals surface area (Å²) in [6.07, 6.45) is 0.921. The van der Waals surface area contributed by atoms with Gasteiger partial charge in [-0.2, -0.15) is 4.31 Å². The molecule has 2 aromatic rings. The number of sulfonamides is 1. The number of nitrogens with zero attached hydrogens (tertiary/aromatic N) is 3. The van der Waals surface area contributed by atoms with E-state index in [1.807, 2.05) is 23.8 Å². The maximum absolute atomic E-state index is 13.1. The molecule has 0 heterocycles. The highest BCUT2D eigenvalue weighted by molar-refractivity contribution is 7.89. The van der Waals surface area contributed by atoms with Crippen molar-refractivity contribution >= 4 is 22.6 Å². The van der Waals surface area contributed by atoms with E-state index >= 15 is 0 Å². The van der Waals surface area contributed by atoms with Gasteiger partial charge >= 0.3 is 0 Å². The molecule has 0 radical (unpaired) electrons. The highest BCUT2D eigenvalue weighted by atomic mass is 32.2. The molecule has 0 aliphatic rings. The highest BCUT2D eigenvalue weighted by Crippen LogP contribution is 2.27. The average molecular weight is 505 g/mol. The van der Waals surface area contributed by atoms with E-state index in [1.54, 1.807) is 45.0 Å². The van der Waals surface area contributed by atoms with Crippen LogP contribution < -0.4 is 4.74 Å². The molecule has 0 saturated carbocycles. The lowest BCUT2D eigenvalue weighted by molar-refractivity contribution is -0.487. The molecule has 0 bridgehead atoms. The lowest BCUT2D eigenvalue weighted by Gasteiger charge is -2.21. The van der Waals surface area contributed by atoms with Gasteiger partial charge in [0.2, 0.25) is 15.9 Å². The number of carbonyl (C=O) groups is 1. The van der Waals surface area contributed by atoms with Crippen LogP contribution in [-0.4, -0.2) is 89.4 Å². The molecule has 2 rings (SSSR count). The number of hydrogen-bond donors (Lipinski definition) is 0. The minimum absolute atomic E-state index is 0.110. The first-order valence-corrected chi connectivity index (χ1v) is 12.9. The number of benzene rings is 2. The number of ether oxygens (including phenoxy) is 2.